The van der Waals surface area contributed by atoms with Crippen LogP contribution in [0.25, 0.3) is 0 Å². The maximum Gasteiger partial charge on any atom is 0.169 e. The van der Waals surface area contributed by atoms with E-state index in [1.54, 1.807) is 0 Å². The Morgan fingerprint density at radius 3 is 2.76 bits per heavy atom. The number of hydrogen-bond donors (Lipinski definition) is 1. The smallest absolute Gasteiger partial charge is 0.169 e. The molecular weight excluding hydrogens is 216 g/mol. The van der Waals surface area contributed by atoms with Crippen molar-refractivity contribution in [1.29, 1.82) is 0 Å². The Morgan fingerprint density at radius 1 is 1.41 bits per heavy atom. The SMILES string of the molecule is CC(C)(C)c1c(N)nnn1CC1CCCCO1. The highest BCUT2D eigenvalue weighted by molar-refractivity contribution is 5.37. The summed E-state index contributed by atoms with van der Waals surface area (Å²) in [5, 5.41) is 8.12. The Morgan fingerprint density at radius 2 is 2.18 bits per heavy atom. The zero-order valence-corrected chi connectivity index (χ0v) is 10.9. The fraction of sp³-hybridized carbons (Fsp3) is 0.833. The van der Waals surface area contributed by atoms with Crippen LogP contribution < -0.4 is 5.73 Å². The lowest BCUT2D eigenvalue weighted by atomic mass is 9.91. The minimum absolute atomic E-state index is 0.0394. The Labute approximate surface area is 102 Å². The summed E-state index contributed by atoms with van der Waals surface area (Å²) < 4.78 is 7.64. The second-order valence-electron chi connectivity index (χ2n) is 5.74. The lowest BCUT2D eigenvalue weighted by molar-refractivity contribution is 0.00285. The van der Waals surface area contributed by atoms with E-state index in [2.05, 4.69) is 31.1 Å². The molecule has 2 rings (SSSR count). The maximum atomic E-state index is 5.90. The van der Waals surface area contributed by atoms with Gasteiger partial charge in [0.1, 0.15) is 0 Å². The molecule has 1 fully saturated rings. The third kappa shape index (κ3) is 2.77. The molecule has 0 radical (unpaired) electrons. The number of nitrogen functional groups attached to an aromatic ring is 1. The molecule has 0 bridgehead atoms. The molecule has 0 saturated carbocycles. The monoisotopic (exact) mass is 238 g/mol. The average Bonchev–Trinajstić information content (AvgIpc) is 2.60. The number of anilines is 1. The molecular formula is C12H22N4O. The van der Waals surface area contributed by atoms with E-state index in [4.69, 9.17) is 10.5 Å². The van der Waals surface area contributed by atoms with Crippen LogP contribution in [-0.2, 0) is 16.7 Å². The molecule has 0 amide bonds. The van der Waals surface area contributed by atoms with E-state index >= 15 is 0 Å². The summed E-state index contributed by atoms with van der Waals surface area (Å²) in [5.41, 5.74) is 6.86. The largest absolute Gasteiger partial charge is 0.381 e. The molecule has 1 aliphatic rings. The van der Waals surface area contributed by atoms with Crippen molar-refractivity contribution >= 4 is 5.82 Å². The number of nitrogens with zero attached hydrogens (tertiary/aromatic N) is 3. The summed E-state index contributed by atoms with van der Waals surface area (Å²) in [6.07, 6.45) is 3.76. The molecule has 1 aromatic rings. The quantitative estimate of drug-likeness (QED) is 0.852. The van der Waals surface area contributed by atoms with Crippen molar-refractivity contribution in [1.82, 2.24) is 15.0 Å². The van der Waals surface area contributed by atoms with E-state index < -0.39 is 0 Å². The van der Waals surface area contributed by atoms with Crippen LogP contribution in [0.15, 0.2) is 0 Å². The first kappa shape index (κ1) is 12.4. The fourth-order valence-corrected chi connectivity index (χ4v) is 2.37. The third-order valence-corrected chi connectivity index (χ3v) is 3.12. The van der Waals surface area contributed by atoms with E-state index in [0.717, 1.165) is 25.3 Å². The molecule has 17 heavy (non-hydrogen) atoms. The molecule has 0 spiro atoms. The van der Waals surface area contributed by atoms with Crippen molar-refractivity contribution in [3.63, 3.8) is 0 Å². The lowest BCUT2D eigenvalue weighted by Gasteiger charge is -2.25. The van der Waals surface area contributed by atoms with E-state index in [1.807, 2.05) is 4.68 Å². The van der Waals surface area contributed by atoms with Crippen molar-refractivity contribution in [2.24, 2.45) is 0 Å². The number of nitrogens with two attached hydrogens (primary N) is 1. The van der Waals surface area contributed by atoms with Crippen LogP contribution >= 0.6 is 0 Å². The minimum atomic E-state index is -0.0394. The van der Waals surface area contributed by atoms with E-state index in [-0.39, 0.29) is 11.5 Å². The molecule has 1 atom stereocenters. The highest BCUT2D eigenvalue weighted by Gasteiger charge is 2.26. The molecule has 1 unspecified atom stereocenters. The van der Waals surface area contributed by atoms with Gasteiger partial charge in [0.05, 0.1) is 18.3 Å². The Balaban J connectivity index is 2.15. The Kier molecular flexibility index (Phi) is 3.38. The van der Waals surface area contributed by atoms with Gasteiger partial charge in [0.15, 0.2) is 5.82 Å². The van der Waals surface area contributed by atoms with Gasteiger partial charge < -0.3 is 10.5 Å². The second kappa shape index (κ2) is 4.64. The van der Waals surface area contributed by atoms with Crippen LogP contribution in [0, 0.1) is 0 Å². The summed E-state index contributed by atoms with van der Waals surface area (Å²) in [4.78, 5) is 0. The number of rotatable bonds is 2. The topological polar surface area (TPSA) is 66.0 Å². The standard InChI is InChI=1S/C12H22N4O/c1-12(2,3)10-11(13)14-15-16(10)8-9-6-4-5-7-17-9/h9H,4-8,13H2,1-3H3. The van der Waals surface area contributed by atoms with Crippen LogP contribution in [0.1, 0.15) is 45.7 Å². The predicted octanol–water partition coefficient (Wildman–Crippen LogP) is 1.73. The lowest BCUT2D eigenvalue weighted by Crippen LogP contribution is -2.28. The van der Waals surface area contributed by atoms with E-state index in [1.165, 1.54) is 12.8 Å². The summed E-state index contributed by atoms with van der Waals surface area (Å²) in [6, 6.07) is 0. The Hall–Kier alpha value is -1.10. The van der Waals surface area contributed by atoms with Crippen LogP contribution in [0.4, 0.5) is 5.82 Å². The minimum Gasteiger partial charge on any atom is -0.381 e. The first-order valence-electron chi connectivity index (χ1n) is 6.29. The molecule has 5 nitrogen and oxygen atoms in total. The molecule has 1 saturated heterocycles. The highest BCUT2D eigenvalue weighted by atomic mass is 16.5. The van der Waals surface area contributed by atoms with Crippen LogP contribution in [0.2, 0.25) is 0 Å². The first-order valence-corrected chi connectivity index (χ1v) is 6.29. The van der Waals surface area contributed by atoms with E-state index in [9.17, 15) is 0 Å². The first-order chi connectivity index (χ1) is 7.98. The van der Waals surface area contributed by atoms with Gasteiger partial charge in [0.2, 0.25) is 0 Å². The summed E-state index contributed by atoms with van der Waals surface area (Å²) >= 11 is 0. The highest BCUT2D eigenvalue weighted by Crippen LogP contribution is 2.27. The zero-order chi connectivity index (χ0) is 12.5. The predicted molar refractivity (Wildman–Crippen MR) is 66.7 cm³/mol. The molecule has 2 N–H and O–H groups in total. The molecule has 1 aliphatic heterocycles. The molecule has 0 aromatic carbocycles. The van der Waals surface area contributed by atoms with Gasteiger partial charge in [-0.25, -0.2) is 4.68 Å². The summed E-state index contributed by atoms with van der Waals surface area (Å²) in [6.45, 7) is 8.00. The van der Waals surface area contributed by atoms with Gasteiger partial charge in [0, 0.05) is 12.0 Å². The van der Waals surface area contributed by atoms with Crippen molar-refractivity contribution in [2.45, 2.75) is 58.1 Å². The average molecular weight is 238 g/mol. The molecule has 0 aliphatic carbocycles. The number of aromatic nitrogens is 3. The van der Waals surface area contributed by atoms with Gasteiger partial charge in [-0.15, -0.1) is 5.10 Å². The van der Waals surface area contributed by atoms with Gasteiger partial charge in [-0.3, -0.25) is 0 Å². The summed E-state index contributed by atoms with van der Waals surface area (Å²) in [7, 11) is 0. The van der Waals surface area contributed by atoms with Gasteiger partial charge in [-0.2, -0.15) is 0 Å². The molecule has 96 valence electrons. The van der Waals surface area contributed by atoms with Gasteiger partial charge in [-0.05, 0) is 19.3 Å². The summed E-state index contributed by atoms with van der Waals surface area (Å²) in [5.74, 6) is 0.535. The normalized spacial score (nSPS) is 21.7. The second-order valence-corrected chi connectivity index (χ2v) is 5.74. The van der Waals surface area contributed by atoms with Gasteiger partial charge >= 0.3 is 0 Å². The third-order valence-electron chi connectivity index (χ3n) is 3.12. The van der Waals surface area contributed by atoms with Crippen LogP contribution in [0.3, 0.4) is 0 Å². The van der Waals surface area contributed by atoms with Crippen LogP contribution in [-0.4, -0.2) is 27.7 Å². The van der Waals surface area contributed by atoms with Gasteiger partial charge in [0.25, 0.3) is 0 Å². The fourth-order valence-electron chi connectivity index (χ4n) is 2.37. The van der Waals surface area contributed by atoms with Crippen molar-refractivity contribution in [2.75, 3.05) is 12.3 Å². The van der Waals surface area contributed by atoms with E-state index in [0.29, 0.717) is 5.82 Å². The molecule has 1 aromatic heterocycles. The zero-order valence-electron chi connectivity index (χ0n) is 10.9. The van der Waals surface area contributed by atoms with Gasteiger partial charge in [-0.1, -0.05) is 26.0 Å². The van der Waals surface area contributed by atoms with Crippen molar-refractivity contribution in [3.05, 3.63) is 5.69 Å². The van der Waals surface area contributed by atoms with Crippen molar-refractivity contribution in [3.8, 4) is 0 Å². The molecule has 2 heterocycles. The van der Waals surface area contributed by atoms with Crippen LogP contribution in [0.5, 0.6) is 0 Å². The van der Waals surface area contributed by atoms with Crippen molar-refractivity contribution < 1.29 is 4.74 Å². The number of hydrogen-bond acceptors (Lipinski definition) is 4. The number of ether oxygens (including phenoxy) is 1. The Bertz CT molecular complexity index is 374. The molecule has 5 heteroatoms. The maximum absolute atomic E-state index is 5.90.